The van der Waals surface area contributed by atoms with E-state index in [4.69, 9.17) is 15.7 Å². The molecule has 32 heavy (non-hydrogen) atoms. The number of piperazine rings is 1. The molecule has 4 rings (SSSR count). The number of nitrogen functional groups attached to an aromatic ring is 1. The summed E-state index contributed by atoms with van der Waals surface area (Å²) >= 11 is 1.53. The topological polar surface area (TPSA) is 87.4 Å². The zero-order valence-corrected chi connectivity index (χ0v) is 19.2. The maximum absolute atomic E-state index is 11.5. The van der Waals surface area contributed by atoms with Crippen LogP contribution < -0.4 is 16.0 Å². The monoisotopic (exact) mass is 448 g/mol. The molecule has 1 aliphatic heterocycles. The number of nitrogens with zero attached hydrogens (tertiary/aromatic N) is 4. The van der Waals surface area contributed by atoms with Gasteiger partial charge in [0.25, 0.3) is 0 Å². The SMILES string of the molecule is CC(=O)Nc1cccc(Sc2cnc(N3CCN(C)CC3)nc2Cc2ccccc2)c1N. The van der Waals surface area contributed by atoms with Gasteiger partial charge < -0.3 is 20.9 Å². The molecule has 1 saturated heterocycles. The lowest BCUT2D eigenvalue weighted by molar-refractivity contribution is -0.114. The van der Waals surface area contributed by atoms with E-state index in [0.29, 0.717) is 17.8 Å². The van der Waals surface area contributed by atoms with Gasteiger partial charge in [0.1, 0.15) is 0 Å². The van der Waals surface area contributed by atoms with Gasteiger partial charge in [-0.1, -0.05) is 48.2 Å². The molecule has 1 aromatic heterocycles. The third kappa shape index (κ3) is 5.38. The molecule has 8 heteroatoms. The molecule has 2 heterocycles. The number of likely N-dealkylation sites (N-methyl/N-ethyl adjacent to an activating group) is 1. The second kappa shape index (κ2) is 10.0. The van der Waals surface area contributed by atoms with Gasteiger partial charge in [-0.25, -0.2) is 9.97 Å². The molecular formula is C24H28N6OS. The predicted octanol–water partition coefficient (Wildman–Crippen LogP) is 3.51. The molecule has 1 aliphatic rings. The minimum Gasteiger partial charge on any atom is -0.396 e. The van der Waals surface area contributed by atoms with Crippen molar-refractivity contribution in [3.8, 4) is 0 Å². The lowest BCUT2D eigenvalue weighted by Gasteiger charge is -2.32. The van der Waals surface area contributed by atoms with E-state index in [-0.39, 0.29) is 5.91 Å². The standard InChI is InChI=1S/C24H28N6OS/c1-17(31)27-19-9-6-10-21(23(19)25)32-22-16-26-24(30-13-11-29(2)12-14-30)28-20(22)15-18-7-4-3-5-8-18/h3-10,16H,11-15,25H2,1-2H3,(H,27,31). The van der Waals surface area contributed by atoms with Crippen LogP contribution in [0, 0.1) is 0 Å². The van der Waals surface area contributed by atoms with Gasteiger partial charge in [-0.2, -0.15) is 0 Å². The number of rotatable bonds is 6. The van der Waals surface area contributed by atoms with Crippen molar-refractivity contribution in [3.05, 3.63) is 66.0 Å². The van der Waals surface area contributed by atoms with Crippen LogP contribution in [0.15, 0.2) is 64.5 Å². The van der Waals surface area contributed by atoms with Gasteiger partial charge in [0.2, 0.25) is 11.9 Å². The zero-order chi connectivity index (χ0) is 22.5. The molecular weight excluding hydrogens is 420 g/mol. The van der Waals surface area contributed by atoms with Crippen molar-refractivity contribution < 1.29 is 4.79 Å². The number of amides is 1. The highest BCUT2D eigenvalue weighted by atomic mass is 32.2. The molecule has 0 bridgehead atoms. The molecule has 1 fully saturated rings. The van der Waals surface area contributed by atoms with E-state index in [9.17, 15) is 4.79 Å². The predicted molar refractivity (Wildman–Crippen MR) is 130 cm³/mol. The first-order valence-corrected chi connectivity index (χ1v) is 11.5. The fraction of sp³-hybridized carbons (Fsp3) is 0.292. The van der Waals surface area contributed by atoms with Gasteiger partial charge >= 0.3 is 0 Å². The average molecular weight is 449 g/mol. The van der Waals surface area contributed by atoms with E-state index in [1.54, 1.807) is 6.07 Å². The van der Waals surface area contributed by atoms with Crippen LogP contribution >= 0.6 is 11.8 Å². The lowest BCUT2D eigenvalue weighted by Crippen LogP contribution is -2.45. The van der Waals surface area contributed by atoms with Crippen molar-refractivity contribution in [1.29, 1.82) is 0 Å². The number of benzene rings is 2. The Balaban J connectivity index is 1.65. The molecule has 2 aromatic carbocycles. The van der Waals surface area contributed by atoms with Crippen LogP contribution in [0.5, 0.6) is 0 Å². The Bertz CT molecular complexity index is 1080. The number of carbonyl (C=O) groups excluding carboxylic acids is 1. The zero-order valence-electron chi connectivity index (χ0n) is 18.4. The number of hydrogen-bond acceptors (Lipinski definition) is 7. The summed E-state index contributed by atoms with van der Waals surface area (Å²) < 4.78 is 0. The summed E-state index contributed by atoms with van der Waals surface area (Å²) in [5, 5.41) is 2.79. The Morgan fingerprint density at radius 3 is 2.53 bits per heavy atom. The summed E-state index contributed by atoms with van der Waals surface area (Å²) in [4.78, 5) is 27.5. The third-order valence-electron chi connectivity index (χ3n) is 5.41. The van der Waals surface area contributed by atoms with Crippen LogP contribution in [0.3, 0.4) is 0 Å². The maximum Gasteiger partial charge on any atom is 0.225 e. The first kappa shape index (κ1) is 22.1. The van der Waals surface area contributed by atoms with Crippen LogP contribution in [-0.4, -0.2) is 54.0 Å². The molecule has 7 nitrogen and oxygen atoms in total. The van der Waals surface area contributed by atoms with E-state index in [2.05, 4.69) is 34.3 Å². The van der Waals surface area contributed by atoms with Gasteiger partial charge in [0.15, 0.2) is 0 Å². The quantitative estimate of drug-likeness (QED) is 0.558. The second-order valence-electron chi connectivity index (χ2n) is 7.93. The van der Waals surface area contributed by atoms with Gasteiger partial charge in [0, 0.05) is 50.6 Å². The number of para-hydroxylation sites is 1. The van der Waals surface area contributed by atoms with Crippen LogP contribution in [0.4, 0.5) is 17.3 Å². The molecule has 3 N–H and O–H groups in total. The summed E-state index contributed by atoms with van der Waals surface area (Å²) in [5.74, 6) is 0.622. The van der Waals surface area contributed by atoms with Crippen LogP contribution in [0.1, 0.15) is 18.2 Å². The largest absolute Gasteiger partial charge is 0.396 e. The normalized spacial score (nSPS) is 14.4. The smallest absolute Gasteiger partial charge is 0.225 e. The molecule has 3 aromatic rings. The van der Waals surface area contributed by atoms with Crippen LogP contribution in [0.25, 0.3) is 0 Å². The van der Waals surface area contributed by atoms with Gasteiger partial charge in [-0.05, 0) is 24.7 Å². The Hall–Kier alpha value is -3.10. The number of nitrogens with one attached hydrogen (secondary N) is 1. The van der Waals surface area contributed by atoms with Crippen LogP contribution in [0.2, 0.25) is 0 Å². The third-order valence-corrected chi connectivity index (χ3v) is 6.55. The van der Waals surface area contributed by atoms with Crippen molar-refractivity contribution >= 4 is 35.0 Å². The summed E-state index contributed by atoms with van der Waals surface area (Å²) in [6.07, 6.45) is 2.60. The van der Waals surface area contributed by atoms with E-state index in [1.165, 1.54) is 24.2 Å². The summed E-state index contributed by atoms with van der Waals surface area (Å²) in [7, 11) is 2.14. The lowest BCUT2D eigenvalue weighted by atomic mass is 10.1. The Morgan fingerprint density at radius 2 is 1.81 bits per heavy atom. The first-order valence-electron chi connectivity index (χ1n) is 10.7. The minimum atomic E-state index is -0.150. The van der Waals surface area contributed by atoms with E-state index < -0.39 is 0 Å². The summed E-state index contributed by atoms with van der Waals surface area (Å²) in [6.45, 7) is 5.31. The maximum atomic E-state index is 11.5. The Labute approximate surface area is 193 Å². The molecule has 0 radical (unpaired) electrons. The van der Waals surface area contributed by atoms with Crippen molar-refractivity contribution in [1.82, 2.24) is 14.9 Å². The number of aromatic nitrogens is 2. The summed E-state index contributed by atoms with van der Waals surface area (Å²) in [5.41, 5.74) is 9.67. The summed E-state index contributed by atoms with van der Waals surface area (Å²) in [6, 6.07) is 16.0. The van der Waals surface area contributed by atoms with Crippen molar-refractivity contribution in [3.63, 3.8) is 0 Å². The molecule has 0 aliphatic carbocycles. The highest BCUT2D eigenvalue weighted by molar-refractivity contribution is 7.99. The van der Waals surface area contributed by atoms with Gasteiger partial charge in [0.05, 0.1) is 22.0 Å². The fourth-order valence-corrected chi connectivity index (χ4v) is 4.55. The fourth-order valence-electron chi connectivity index (χ4n) is 3.61. The Kier molecular flexibility index (Phi) is 6.92. The number of carbonyl (C=O) groups is 1. The molecule has 166 valence electrons. The van der Waals surface area contributed by atoms with Gasteiger partial charge in [-0.15, -0.1) is 0 Å². The van der Waals surface area contributed by atoms with E-state index in [0.717, 1.165) is 47.6 Å². The molecule has 0 saturated carbocycles. The minimum absolute atomic E-state index is 0.150. The van der Waals surface area contributed by atoms with Crippen molar-refractivity contribution in [2.24, 2.45) is 0 Å². The molecule has 0 unspecified atom stereocenters. The van der Waals surface area contributed by atoms with Crippen molar-refractivity contribution in [2.75, 3.05) is 49.2 Å². The molecule has 0 atom stereocenters. The molecule has 0 spiro atoms. The highest BCUT2D eigenvalue weighted by Crippen LogP contribution is 2.37. The number of anilines is 3. The first-order chi connectivity index (χ1) is 15.5. The van der Waals surface area contributed by atoms with Crippen molar-refractivity contribution in [2.45, 2.75) is 23.1 Å². The van der Waals surface area contributed by atoms with Gasteiger partial charge in [-0.3, -0.25) is 4.79 Å². The second-order valence-corrected chi connectivity index (χ2v) is 9.02. The highest BCUT2D eigenvalue weighted by Gasteiger charge is 2.19. The number of hydrogen-bond donors (Lipinski definition) is 2. The Morgan fingerprint density at radius 1 is 1.06 bits per heavy atom. The average Bonchev–Trinajstić information content (AvgIpc) is 2.78. The number of nitrogens with two attached hydrogens (primary N) is 1. The van der Waals surface area contributed by atoms with Crippen LogP contribution in [-0.2, 0) is 11.2 Å². The van der Waals surface area contributed by atoms with E-state index in [1.807, 2.05) is 36.5 Å². The van der Waals surface area contributed by atoms with E-state index >= 15 is 0 Å². The molecule has 1 amide bonds.